The van der Waals surface area contributed by atoms with Crippen molar-refractivity contribution in [3.63, 3.8) is 0 Å². The van der Waals surface area contributed by atoms with Crippen molar-refractivity contribution in [3.8, 4) is 17.2 Å². The summed E-state index contributed by atoms with van der Waals surface area (Å²) in [5.74, 6) is 1.97. The fourth-order valence-electron chi connectivity index (χ4n) is 2.70. The van der Waals surface area contributed by atoms with E-state index in [4.69, 9.17) is 14.2 Å². The van der Waals surface area contributed by atoms with Crippen LogP contribution in [0, 0.1) is 13.8 Å². The van der Waals surface area contributed by atoms with Gasteiger partial charge in [-0.1, -0.05) is 31.2 Å². The molecule has 146 valence electrons. The number of ether oxygens (including phenoxy) is 3. The van der Waals surface area contributed by atoms with Crippen LogP contribution in [-0.2, 0) is 11.3 Å². The Hall–Kier alpha value is -2.69. The fraction of sp³-hybridized carbons (Fsp3) is 0.409. The third-order valence-corrected chi connectivity index (χ3v) is 4.23. The zero-order valence-corrected chi connectivity index (χ0v) is 16.8. The quantitative estimate of drug-likeness (QED) is 0.718. The molecule has 0 saturated carbocycles. The van der Waals surface area contributed by atoms with Gasteiger partial charge in [-0.3, -0.25) is 4.79 Å². The topological polar surface area (TPSA) is 56.8 Å². The molecule has 1 N–H and O–H groups in total. The van der Waals surface area contributed by atoms with E-state index in [-0.39, 0.29) is 5.91 Å². The van der Waals surface area contributed by atoms with Crippen molar-refractivity contribution < 1.29 is 19.0 Å². The number of methoxy groups -OCH3 is 1. The molecule has 0 heterocycles. The Balaban J connectivity index is 1.96. The molecule has 1 amide bonds. The van der Waals surface area contributed by atoms with Crippen LogP contribution in [0.3, 0.4) is 0 Å². The van der Waals surface area contributed by atoms with Crippen LogP contribution in [0.5, 0.6) is 17.2 Å². The molecule has 5 heteroatoms. The van der Waals surface area contributed by atoms with Gasteiger partial charge in [-0.15, -0.1) is 0 Å². The van der Waals surface area contributed by atoms with Gasteiger partial charge in [0.15, 0.2) is 17.6 Å². The third kappa shape index (κ3) is 5.64. The number of rotatable bonds is 9. The van der Waals surface area contributed by atoms with Crippen LogP contribution in [0.4, 0.5) is 0 Å². The summed E-state index contributed by atoms with van der Waals surface area (Å²) in [6.07, 6.45) is 0.345. The first-order chi connectivity index (χ1) is 13.0. The molecule has 2 aromatic carbocycles. The number of amides is 1. The first-order valence-corrected chi connectivity index (χ1v) is 9.26. The predicted octanol–water partition coefficient (Wildman–Crippen LogP) is 4.18. The van der Waals surface area contributed by atoms with Gasteiger partial charge in [-0.05, 0) is 56.0 Å². The predicted molar refractivity (Wildman–Crippen MR) is 107 cm³/mol. The van der Waals surface area contributed by atoms with Crippen LogP contribution in [0.2, 0.25) is 0 Å². The van der Waals surface area contributed by atoms with Gasteiger partial charge in [-0.25, -0.2) is 0 Å². The fourth-order valence-corrected chi connectivity index (χ4v) is 2.70. The van der Waals surface area contributed by atoms with Crippen molar-refractivity contribution in [1.82, 2.24) is 5.32 Å². The van der Waals surface area contributed by atoms with Gasteiger partial charge in [0, 0.05) is 6.54 Å². The van der Waals surface area contributed by atoms with Crippen molar-refractivity contribution in [1.29, 1.82) is 0 Å². The Kier molecular flexibility index (Phi) is 7.53. The number of benzene rings is 2. The highest BCUT2D eigenvalue weighted by molar-refractivity contribution is 5.80. The number of carbonyl (C=O) groups is 1. The number of para-hydroxylation sites is 1. The molecule has 0 radical (unpaired) electrons. The molecule has 1 unspecified atom stereocenters. The normalized spacial score (nSPS) is 11.6. The minimum Gasteiger partial charge on any atom is -0.493 e. The Bertz CT molecular complexity index is 753. The number of carbonyl (C=O) groups excluding carboxylic acids is 1. The largest absolute Gasteiger partial charge is 0.493 e. The Morgan fingerprint density at radius 3 is 2.44 bits per heavy atom. The van der Waals surface area contributed by atoms with Crippen LogP contribution < -0.4 is 19.5 Å². The summed E-state index contributed by atoms with van der Waals surface area (Å²) in [4.78, 5) is 12.4. The summed E-state index contributed by atoms with van der Waals surface area (Å²) in [5.41, 5.74) is 2.97. The van der Waals surface area contributed by atoms with Crippen molar-refractivity contribution in [3.05, 3.63) is 53.1 Å². The Labute approximate surface area is 161 Å². The highest BCUT2D eigenvalue weighted by atomic mass is 16.5. The Morgan fingerprint density at radius 1 is 1.11 bits per heavy atom. The molecule has 0 fully saturated rings. The van der Waals surface area contributed by atoms with E-state index in [0.717, 1.165) is 28.9 Å². The maximum atomic E-state index is 12.4. The van der Waals surface area contributed by atoms with Crippen molar-refractivity contribution >= 4 is 5.91 Å². The monoisotopic (exact) mass is 371 g/mol. The SMILES string of the molecule is CCCOc1ccc(CNC(=O)C(C)Oc2c(C)cccc2C)cc1OC. The number of aryl methyl sites for hydroxylation is 2. The van der Waals surface area contributed by atoms with Crippen LogP contribution in [0.25, 0.3) is 0 Å². The van der Waals surface area contributed by atoms with Gasteiger partial charge in [0.1, 0.15) is 5.75 Å². The molecule has 0 aliphatic heterocycles. The van der Waals surface area contributed by atoms with E-state index in [9.17, 15) is 4.79 Å². The summed E-state index contributed by atoms with van der Waals surface area (Å²) in [5, 5.41) is 2.91. The molecular weight excluding hydrogens is 342 g/mol. The summed E-state index contributed by atoms with van der Waals surface area (Å²) in [6, 6.07) is 11.6. The first kappa shape index (κ1) is 20.6. The molecule has 27 heavy (non-hydrogen) atoms. The second-order valence-corrected chi connectivity index (χ2v) is 6.53. The molecule has 5 nitrogen and oxygen atoms in total. The molecule has 0 spiro atoms. The number of hydrogen-bond donors (Lipinski definition) is 1. The molecule has 1 atom stereocenters. The molecular formula is C22H29NO4. The zero-order valence-electron chi connectivity index (χ0n) is 16.8. The Morgan fingerprint density at radius 2 is 1.81 bits per heavy atom. The molecule has 0 saturated heterocycles. The van der Waals surface area contributed by atoms with Gasteiger partial charge in [0.25, 0.3) is 5.91 Å². The molecule has 0 aliphatic rings. The second kappa shape index (κ2) is 9.86. The van der Waals surface area contributed by atoms with Crippen molar-refractivity contribution in [2.75, 3.05) is 13.7 Å². The van der Waals surface area contributed by atoms with Gasteiger partial charge in [0.05, 0.1) is 13.7 Å². The van der Waals surface area contributed by atoms with Gasteiger partial charge < -0.3 is 19.5 Å². The lowest BCUT2D eigenvalue weighted by Gasteiger charge is -2.18. The molecule has 2 rings (SSSR count). The summed E-state index contributed by atoms with van der Waals surface area (Å²) in [6.45, 7) is 8.79. The van der Waals surface area contributed by atoms with E-state index in [0.29, 0.717) is 24.7 Å². The van der Waals surface area contributed by atoms with Crippen LogP contribution in [0.1, 0.15) is 37.0 Å². The van der Waals surface area contributed by atoms with E-state index in [2.05, 4.69) is 12.2 Å². The minimum absolute atomic E-state index is 0.164. The minimum atomic E-state index is -0.584. The van der Waals surface area contributed by atoms with E-state index < -0.39 is 6.10 Å². The highest BCUT2D eigenvalue weighted by Crippen LogP contribution is 2.28. The second-order valence-electron chi connectivity index (χ2n) is 6.53. The maximum Gasteiger partial charge on any atom is 0.261 e. The van der Waals surface area contributed by atoms with Crippen LogP contribution >= 0.6 is 0 Å². The standard InChI is InChI=1S/C22H29NO4/c1-6-12-26-19-11-10-18(13-20(19)25-5)14-23-22(24)17(4)27-21-15(2)8-7-9-16(21)3/h7-11,13,17H,6,12,14H2,1-5H3,(H,23,24). The van der Waals surface area contributed by atoms with E-state index in [1.807, 2.05) is 50.2 Å². The van der Waals surface area contributed by atoms with Gasteiger partial charge in [-0.2, -0.15) is 0 Å². The summed E-state index contributed by atoms with van der Waals surface area (Å²) < 4.78 is 16.9. The smallest absolute Gasteiger partial charge is 0.261 e. The average molecular weight is 371 g/mol. The molecule has 2 aromatic rings. The molecule has 0 aliphatic carbocycles. The van der Waals surface area contributed by atoms with E-state index >= 15 is 0 Å². The lowest BCUT2D eigenvalue weighted by Crippen LogP contribution is -2.36. The molecule has 0 aromatic heterocycles. The number of nitrogens with one attached hydrogen (secondary N) is 1. The van der Waals surface area contributed by atoms with Gasteiger partial charge >= 0.3 is 0 Å². The van der Waals surface area contributed by atoms with Crippen LogP contribution in [-0.4, -0.2) is 25.7 Å². The van der Waals surface area contributed by atoms with Gasteiger partial charge in [0.2, 0.25) is 0 Å². The van der Waals surface area contributed by atoms with Crippen molar-refractivity contribution in [2.45, 2.75) is 46.8 Å². The zero-order chi connectivity index (χ0) is 19.8. The number of hydrogen-bond acceptors (Lipinski definition) is 4. The highest BCUT2D eigenvalue weighted by Gasteiger charge is 2.17. The van der Waals surface area contributed by atoms with E-state index in [1.54, 1.807) is 14.0 Å². The summed E-state index contributed by atoms with van der Waals surface area (Å²) in [7, 11) is 1.61. The lowest BCUT2D eigenvalue weighted by atomic mass is 10.1. The van der Waals surface area contributed by atoms with E-state index in [1.165, 1.54) is 0 Å². The van der Waals surface area contributed by atoms with Crippen LogP contribution in [0.15, 0.2) is 36.4 Å². The maximum absolute atomic E-state index is 12.4. The first-order valence-electron chi connectivity index (χ1n) is 9.26. The summed E-state index contributed by atoms with van der Waals surface area (Å²) >= 11 is 0. The third-order valence-electron chi connectivity index (χ3n) is 4.23. The lowest BCUT2D eigenvalue weighted by molar-refractivity contribution is -0.127. The van der Waals surface area contributed by atoms with Crippen molar-refractivity contribution in [2.24, 2.45) is 0 Å². The average Bonchev–Trinajstić information content (AvgIpc) is 2.67. The molecule has 0 bridgehead atoms.